The number of carbonyl (C=O) groups is 1. The van der Waals surface area contributed by atoms with E-state index in [4.69, 9.17) is 0 Å². The van der Waals surface area contributed by atoms with Gasteiger partial charge in [-0.1, -0.05) is 38.1 Å². The van der Waals surface area contributed by atoms with Gasteiger partial charge in [0.1, 0.15) is 0 Å². The third kappa shape index (κ3) is 3.97. The first-order chi connectivity index (χ1) is 9.56. The molecule has 4 heteroatoms. The zero-order valence-corrected chi connectivity index (χ0v) is 12.2. The molecular formula is C16H24N2O2. The predicted octanol–water partition coefficient (Wildman–Crippen LogP) is 2.38. The lowest BCUT2D eigenvalue weighted by molar-refractivity contribution is 0.146. The molecule has 110 valence electrons. The maximum Gasteiger partial charge on any atom is 0.315 e. The number of rotatable bonds is 5. The van der Waals surface area contributed by atoms with E-state index in [-0.39, 0.29) is 12.1 Å². The first-order valence-electron chi connectivity index (χ1n) is 7.36. The topological polar surface area (TPSA) is 61.4 Å². The molecule has 3 N–H and O–H groups in total. The summed E-state index contributed by atoms with van der Waals surface area (Å²) in [6, 6.07) is 8.11. The van der Waals surface area contributed by atoms with Gasteiger partial charge in [-0.25, -0.2) is 4.79 Å². The van der Waals surface area contributed by atoms with Gasteiger partial charge >= 0.3 is 6.03 Å². The molecule has 20 heavy (non-hydrogen) atoms. The van der Waals surface area contributed by atoms with E-state index in [0.717, 1.165) is 12.8 Å². The minimum atomic E-state index is -0.475. The highest BCUT2D eigenvalue weighted by Gasteiger charge is 2.23. The van der Waals surface area contributed by atoms with Crippen LogP contribution in [-0.2, 0) is 6.42 Å². The Balaban J connectivity index is 1.79. The van der Waals surface area contributed by atoms with Gasteiger partial charge in [-0.05, 0) is 36.3 Å². The largest absolute Gasteiger partial charge is 0.391 e. The van der Waals surface area contributed by atoms with Crippen LogP contribution in [0, 0.1) is 5.92 Å². The first-order valence-corrected chi connectivity index (χ1v) is 7.36. The van der Waals surface area contributed by atoms with E-state index in [1.807, 2.05) is 12.1 Å². The van der Waals surface area contributed by atoms with E-state index < -0.39 is 6.10 Å². The number of fused-ring (bicyclic) bond motifs is 1. The molecule has 4 nitrogen and oxygen atoms in total. The van der Waals surface area contributed by atoms with E-state index in [1.54, 1.807) is 0 Å². The van der Waals surface area contributed by atoms with Crippen molar-refractivity contribution in [3.8, 4) is 0 Å². The number of urea groups is 1. The van der Waals surface area contributed by atoms with Crippen LogP contribution in [0.5, 0.6) is 0 Å². The minimum Gasteiger partial charge on any atom is -0.391 e. The molecule has 0 aromatic heterocycles. The Kier molecular flexibility index (Phi) is 5.01. The van der Waals surface area contributed by atoms with Gasteiger partial charge in [-0.2, -0.15) is 0 Å². The van der Waals surface area contributed by atoms with Crippen LogP contribution in [0.2, 0.25) is 0 Å². The van der Waals surface area contributed by atoms with Crippen molar-refractivity contribution in [1.82, 2.24) is 10.6 Å². The average Bonchev–Trinajstić information content (AvgIpc) is 2.79. The number of carbonyl (C=O) groups excluding carboxylic acids is 1. The molecule has 0 bridgehead atoms. The normalized spacial score (nSPS) is 18.7. The quantitative estimate of drug-likeness (QED) is 0.773. The summed E-state index contributed by atoms with van der Waals surface area (Å²) >= 11 is 0. The summed E-state index contributed by atoms with van der Waals surface area (Å²) in [6.07, 6.45) is 2.18. The van der Waals surface area contributed by atoms with Crippen molar-refractivity contribution >= 4 is 6.03 Å². The molecule has 0 saturated heterocycles. The fourth-order valence-corrected chi connectivity index (χ4v) is 2.75. The van der Waals surface area contributed by atoms with E-state index in [9.17, 15) is 9.90 Å². The molecule has 1 aliphatic rings. The number of aliphatic hydroxyl groups is 1. The number of nitrogens with one attached hydrogen (secondary N) is 2. The summed E-state index contributed by atoms with van der Waals surface area (Å²) in [4.78, 5) is 11.9. The van der Waals surface area contributed by atoms with Gasteiger partial charge in [0.25, 0.3) is 0 Å². The number of aryl methyl sites for hydroxylation is 1. The van der Waals surface area contributed by atoms with Gasteiger partial charge in [0, 0.05) is 6.54 Å². The van der Waals surface area contributed by atoms with Crippen LogP contribution in [0.1, 0.15) is 43.9 Å². The molecule has 1 aromatic carbocycles. The Labute approximate surface area is 120 Å². The molecule has 0 saturated carbocycles. The van der Waals surface area contributed by atoms with Crippen molar-refractivity contribution in [1.29, 1.82) is 0 Å². The summed E-state index contributed by atoms with van der Waals surface area (Å²) in [5.41, 5.74) is 2.53. The molecular weight excluding hydrogens is 252 g/mol. The Morgan fingerprint density at radius 2 is 2.15 bits per heavy atom. The smallest absolute Gasteiger partial charge is 0.315 e. The van der Waals surface area contributed by atoms with E-state index in [2.05, 4.69) is 36.6 Å². The molecule has 2 atom stereocenters. The van der Waals surface area contributed by atoms with Gasteiger partial charge in [-0.3, -0.25) is 0 Å². The van der Waals surface area contributed by atoms with Crippen LogP contribution in [0.15, 0.2) is 24.3 Å². The van der Waals surface area contributed by atoms with Crippen molar-refractivity contribution < 1.29 is 9.90 Å². The zero-order valence-electron chi connectivity index (χ0n) is 12.2. The lowest BCUT2D eigenvalue weighted by Gasteiger charge is -2.17. The molecule has 1 aliphatic carbocycles. The van der Waals surface area contributed by atoms with Gasteiger partial charge in [0.15, 0.2) is 0 Å². The standard InChI is InChI=1S/C16H24N2O2/c1-11(2)9-13(19)10-17-16(20)18-15-8-7-12-5-3-4-6-14(12)15/h3-6,11,13,15,19H,7-10H2,1-2H3,(H2,17,18,20). The van der Waals surface area contributed by atoms with Gasteiger partial charge in [0.2, 0.25) is 0 Å². The van der Waals surface area contributed by atoms with Gasteiger partial charge in [-0.15, -0.1) is 0 Å². The summed E-state index contributed by atoms with van der Waals surface area (Å²) in [5, 5.41) is 15.5. The summed E-state index contributed by atoms with van der Waals surface area (Å²) in [6.45, 7) is 4.41. The predicted molar refractivity (Wildman–Crippen MR) is 79.5 cm³/mol. The molecule has 0 fully saturated rings. The van der Waals surface area contributed by atoms with Crippen molar-refractivity contribution in [2.75, 3.05) is 6.54 Å². The molecule has 2 unspecified atom stereocenters. The Hall–Kier alpha value is -1.55. The Bertz CT molecular complexity index is 460. The first kappa shape index (κ1) is 14.9. The zero-order chi connectivity index (χ0) is 14.5. The number of benzene rings is 1. The van der Waals surface area contributed by atoms with Gasteiger partial charge in [0.05, 0.1) is 12.1 Å². The van der Waals surface area contributed by atoms with Crippen LogP contribution in [0.3, 0.4) is 0 Å². The summed E-state index contributed by atoms with van der Waals surface area (Å²) in [7, 11) is 0. The van der Waals surface area contributed by atoms with E-state index >= 15 is 0 Å². The lowest BCUT2D eigenvalue weighted by Crippen LogP contribution is -2.41. The second-order valence-electron chi connectivity index (χ2n) is 5.93. The molecule has 0 spiro atoms. The fraction of sp³-hybridized carbons (Fsp3) is 0.562. The highest BCUT2D eigenvalue weighted by molar-refractivity contribution is 5.74. The molecule has 0 radical (unpaired) electrons. The molecule has 1 aromatic rings. The van der Waals surface area contributed by atoms with Crippen LogP contribution in [-0.4, -0.2) is 23.8 Å². The number of hydrogen-bond donors (Lipinski definition) is 3. The molecule has 0 heterocycles. The third-order valence-electron chi connectivity index (χ3n) is 3.68. The SMILES string of the molecule is CC(C)CC(O)CNC(=O)NC1CCc2ccccc21. The Morgan fingerprint density at radius 1 is 1.40 bits per heavy atom. The maximum atomic E-state index is 11.9. The Morgan fingerprint density at radius 3 is 2.90 bits per heavy atom. The number of amides is 2. The third-order valence-corrected chi connectivity index (χ3v) is 3.68. The number of aliphatic hydroxyl groups excluding tert-OH is 1. The van der Waals surface area contributed by atoms with Crippen molar-refractivity contribution in [2.45, 2.75) is 45.3 Å². The lowest BCUT2D eigenvalue weighted by atomic mass is 10.1. The highest BCUT2D eigenvalue weighted by atomic mass is 16.3. The molecule has 2 rings (SSSR count). The van der Waals surface area contributed by atoms with Crippen LogP contribution < -0.4 is 10.6 Å². The van der Waals surface area contributed by atoms with Crippen LogP contribution >= 0.6 is 0 Å². The van der Waals surface area contributed by atoms with Crippen molar-refractivity contribution in [3.63, 3.8) is 0 Å². The van der Waals surface area contributed by atoms with Crippen molar-refractivity contribution in [3.05, 3.63) is 35.4 Å². The summed E-state index contributed by atoms with van der Waals surface area (Å²) < 4.78 is 0. The molecule has 0 aliphatic heterocycles. The average molecular weight is 276 g/mol. The van der Waals surface area contributed by atoms with Crippen LogP contribution in [0.25, 0.3) is 0 Å². The highest BCUT2D eigenvalue weighted by Crippen LogP contribution is 2.30. The fourth-order valence-electron chi connectivity index (χ4n) is 2.75. The monoisotopic (exact) mass is 276 g/mol. The molecule has 2 amide bonds. The summed E-state index contributed by atoms with van der Waals surface area (Å²) in [5.74, 6) is 0.427. The minimum absolute atomic E-state index is 0.0911. The van der Waals surface area contributed by atoms with Crippen molar-refractivity contribution in [2.24, 2.45) is 5.92 Å². The van der Waals surface area contributed by atoms with Gasteiger partial charge < -0.3 is 15.7 Å². The second kappa shape index (κ2) is 6.75. The van der Waals surface area contributed by atoms with Crippen LogP contribution in [0.4, 0.5) is 4.79 Å². The number of hydrogen-bond acceptors (Lipinski definition) is 2. The van der Waals surface area contributed by atoms with E-state index in [1.165, 1.54) is 11.1 Å². The van der Waals surface area contributed by atoms with E-state index in [0.29, 0.717) is 18.9 Å². The maximum absolute atomic E-state index is 11.9. The second-order valence-corrected chi connectivity index (χ2v) is 5.93.